The van der Waals surface area contributed by atoms with Crippen LogP contribution in [-0.2, 0) is 6.42 Å². The van der Waals surface area contributed by atoms with E-state index in [0.717, 1.165) is 24.8 Å². The monoisotopic (exact) mass is 205 g/mol. The van der Waals surface area contributed by atoms with Crippen LogP contribution in [0.2, 0.25) is 0 Å². The Morgan fingerprint density at radius 3 is 2.73 bits per heavy atom. The minimum Gasteiger partial charge on any atom is -0.271 e. The highest BCUT2D eigenvalue weighted by Gasteiger charge is 2.06. The van der Waals surface area contributed by atoms with Gasteiger partial charge in [0.2, 0.25) is 0 Å². The van der Waals surface area contributed by atoms with E-state index in [1.54, 1.807) is 0 Å². The molecule has 3 N–H and O–H groups in total. The third-order valence-electron chi connectivity index (χ3n) is 2.36. The number of hydrazine groups is 1. The first-order chi connectivity index (χ1) is 7.22. The highest BCUT2D eigenvalue weighted by Crippen LogP contribution is 2.09. The van der Waals surface area contributed by atoms with Gasteiger partial charge in [-0.1, -0.05) is 5.57 Å². The molecule has 3 heteroatoms. The molecule has 1 heterocycles. The highest BCUT2D eigenvalue weighted by atomic mass is 15.2. The van der Waals surface area contributed by atoms with Crippen molar-refractivity contribution in [2.75, 3.05) is 0 Å². The molecule has 3 nitrogen and oxygen atoms in total. The summed E-state index contributed by atoms with van der Waals surface area (Å²) in [7, 11) is 0. The van der Waals surface area contributed by atoms with Crippen molar-refractivity contribution in [2.24, 2.45) is 5.84 Å². The number of aryl methyl sites for hydroxylation is 1. The van der Waals surface area contributed by atoms with Gasteiger partial charge >= 0.3 is 0 Å². The van der Waals surface area contributed by atoms with Gasteiger partial charge in [0.05, 0.1) is 0 Å². The van der Waals surface area contributed by atoms with Crippen LogP contribution < -0.4 is 11.3 Å². The largest absolute Gasteiger partial charge is 0.271 e. The zero-order valence-electron chi connectivity index (χ0n) is 9.24. The Balaban J connectivity index is 2.37. The molecular weight excluding hydrogens is 186 g/mol. The second kappa shape index (κ2) is 6.32. The summed E-state index contributed by atoms with van der Waals surface area (Å²) in [5.74, 6) is 5.48. The molecule has 1 aromatic rings. The number of nitrogens with one attached hydrogen (secondary N) is 1. The van der Waals surface area contributed by atoms with Gasteiger partial charge in [0.1, 0.15) is 0 Å². The van der Waals surface area contributed by atoms with Crippen LogP contribution in [0.3, 0.4) is 0 Å². The molecule has 0 bridgehead atoms. The minimum atomic E-state index is 0.315. The third kappa shape index (κ3) is 4.72. The van der Waals surface area contributed by atoms with Gasteiger partial charge in [-0.05, 0) is 43.9 Å². The van der Waals surface area contributed by atoms with E-state index in [2.05, 4.69) is 17.0 Å². The minimum absolute atomic E-state index is 0.315. The van der Waals surface area contributed by atoms with Gasteiger partial charge in [0.25, 0.3) is 0 Å². The number of hydrogen-bond donors (Lipinski definition) is 2. The normalized spacial score (nSPS) is 12.4. The van der Waals surface area contributed by atoms with E-state index in [0.29, 0.717) is 6.04 Å². The van der Waals surface area contributed by atoms with E-state index in [1.165, 1.54) is 5.56 Å². The molecule has 1 unspecified atom stereocenters. The van der Waals surface area contributed by atoms with Crippen molar-refractivity contribution in [1.82, 2.24) is 10.4 Å². The fourth-order valence-corrected chi connectivity index (χ4v) is 1.56. The Morgan fingerprint density at radius 1 is 1.53 bits per heavy atom. The van der Waals surface area contributed by atoms with Crippen molar-refractivity contribution in [3.63, 3.8) is 0 Å². The molecule has 0 saturated carbocycles. The van der Waals surface area contributed by atoms with Crippen LogP contribution in [0.1, 0.15) is 25.3 Å². The standard InChI is InChI=1S/C12H19N3/c1-10(2)9-12(15-13)4-3-11-5-7-14-8-6-11/h5-8,12,15H,1,3-4,9,13H2,2H3. The van der Waals surface area contributed by atoms with E-state index >= 15 is 0 Å². The summed E-state index contributed by atoms with van der Waals surface area (Å²) in [6.07, 6.45) is 6.61. The molecule has 0 aliphatic heterocycles. The van der Waals surface area contributed by atoms with E-state index in [-0.39, 0.29) is 0 Å². The maximum absolute atomic E-state index is 5.48. The average Bonchev–Trinajstić information content (AvgIpc) is 2.25. The van der Waals surface area contributed by atoms with Crippen LogP contribution >= 0.6 is 0 Å². The summed E-state index contributed by atoms with van der Waals surface area (Å²) in [4.78, 5) is 3.99. The Morgan fingerprint density at radius 2 is 2.20 bits per heavy atom. The van der Waals surface area contributed by atoms with Gasteiger partial charge in [-0.25, -0.2) is 0 Å². The molecule has 0 radical (unpaired) electrons. The summed E-state index contributed by atoms with van der Waals surface area (Å²) < 4.78 is 0. The topological polar surface area (TPSA) is 50.9 Å². The number of aromatic nitrogens is 1. The maximum atomic E-state index is 5.48. The number of rotatable bonds is 6. The smallest absolute Gasteiger partial charge is 0.0270 e. The van der Waals surface area contributed by atoms with Crippen molar-refractivity contribution < 1.29 is 0 Å². The quantitative estimate of drug-likeness (QED) is 0.423. The van der Waals surface area contributed by atoms with E-state index in [4.69, 9.17) is 5.84 Å². The Labute approximate surface area is 91.4 Å². The van der Waals surface area contributed by atoms with E-state index in [9.17, 15) is 0 Å². The molecule has 0 amide bonds. The number of hydrogen-bond acceptors (Lipinski definition) is 3. The molecule has 82 valence electrons. The lowest BCUT2D eigenvalue weighted by molar-refractivity contribution is 0.490. The Kier molecular flexibility index (Phi) is 5.01. The molecule has 0 fully saturated rings. The molecule has 1 atom stereocenters. The summed E-state index contributed by atoms with van der Waals surface area (Å²) in [5.41, 5.74) is 5.29. The molecule has 0 saturated heterocycles. The lowest BCUT2D eigenvalue weighted by Crippen LogP contribution is -2.35. The van der Waals surface area contributed by atoms with Crippen LogP contribution in [-0.4, -0.2) is 11.0 Å². The molecule has 15 heavy (non-hydrogen) atoms. The van der Waals surface area contributed by atoms with Crippen molar-refractivity contribution in [3.05, 3.63) is 42.2 Å². The molecule has 0 aromatic carbocycles. The summed E-state index contributed by atoms with van der Waals surface area (Å²) in [6, 6.07) is 4.39. The zero-order valence-corrected chi connectivity index (χ0v) is 9.24. The first-order valence-corrected chi connectivity index (χ1v) is 5.21. The molecule has 0 spiro atoms. The van der Waals surface area contributed by atoms with Gasteiger partial charge in [-0.3, -0.25) is 16.3 Å². The predicted molar refractivity (Wildman–Crippen MR) is 63.1 cm³/mol. The first kappa shape index (κ1) is 11.9. The van der Waals surface area contributed by atoms with Gasteiger partial charge in [0.15, 0.2) is 0 Å². The van der Waals surface area contributed by atoms with Crippen molar-refractivity contribution >= 4 is 0 Å². The molecule has 1 rings (SSSR count). The predicted octanol–water partition coefficient (Wildman–Crippen LogP) is 1.81. The lowest BCUT2D eigenvalue weighted by Gasteiger charge is -2.15. The van der Waals surface area contributed by atoms with E-state index < -0.39 is 0 Å². The third-order valence-corrected chi connectivity index (χ3v) is 2.36. The lowest BCUT2D eigenvalue weighted by atomic mass is 10.0. The number of nitrogens with zero attached hydrogens (tertiary/aromatic N) is 1. The highest BCUT2D eigenvalue weighted by molar-refractivity contribution is 5.10. The molecule has 0 aliphatic rings. The average molecular weight is 205 g/mol. The first-order valence-electron chi connectivity index (χ1n) is 5.21. The Bertz CT molecular complexity index is 295. The van der Waals surface area contributed by atoms with Crippen molar-refractivity contribution in [3.8, 4) is 0 Å². The van der Waals surface area contributed by atoms with Crippen LogP contribution in [0.4, 0.5) is 0 Å². The van der Waals surface area contributed by atoms with Crippen LogP contribution in [0.15, 0.2) is 36.7 Å². The SMILES string of the molecule is C=C(C)CC(CCc1ccncc1)NN. The summed E-state index contributed by atoms with van der Waals surface area (Å²) in [5, 5.41) is 0. The van der Waals surface area contributed by atoms with Gasteiger partial charge < -0.3 is 0 Å². The fraction of sp³-hybridized carbons (Fsp3) is 0.417. The van der Waals surface area contributed by atoms with Gasteiger partial charge in [-0.2, -0.15) is 0 Å². The summed E-state index contributed by atoms with van der Waals surface area (Å²) >= 11 is 0. The zero-order chi connectivity index (χ0) is 11.1. The van der Waals surface area contributed by atoms with Crippen molar-refractivity contribution in [2.45, 2.75) is 32.2 Å². The van der Waals surface area contributed by atoms with Crippen LogP contribution in [0, 0.1) is 0 Å². The second-order valence-electron chi connectivity index (χ2n) is 3.92. The molecular formula is C12H19N3. The fourth-order valence-electron chi connectivity index (χ4n) is 1.56. The molecule has 1 aromatic heterocycles. The van der Waals surface area contributed by atoms with Crippen molar-refractivity contribution in [1.29, 1.82) is 0 Å². The summed E-state index contributed by atoms with van der Waals surface area (Å²) in [6.45, 7) is 5.92. The number of pyridine rings is 1. The van der Waals surface area contributed by atoms with Crippen LogP contribution in [0.25, 0.3) is 0 Å². The maximum Gasteiger partial charge on any atom is 0.0270 e. The molecule has 0 aliphatic carbocycles. The van der Waals surface area contributed by atoms with E-state index in [1.807, 2.05) is 31.5 Å². The second-order valence-corrected chi connectivity index (χ2v) is 3.92. The van der Waals surface area contributed by atoms with Crippen LogP contribution in [0.5, 0.6) is 0 Å². The Hall–Kier alpha value is -1.19. The van der Waals surface area contributed by atoms with Gasteiger partial charge in [0, 0.05) is 18.4 Å². The van der Waals surface area contributed by atoms with Gasteiger partial charge in [-0.15, -0.1) is 6.58 Å². The number of nitrogens with two attached hydrogens (primary N) is 1.